The van der Waals surface area contributed by atoms with Crippen molar-refractivity contribution in [2.75, 3.05) is 24.3 Å². The second kappa shape index (κ2) is 9.96. The molecular weight excluding hydrogens is 432 g/mol. The van der Waals surface area contributed by atoms with Crippen LogP contribution >= 0.6 is 0 Å². The van der Waals surface area contributed by atoms with Crippen LogP contribution in [0.4, 0.5) is 11.8 Å². The van der Waals surface area contributed by atoms with Crippen molar-refractivity contribution in [3.05, 3.63) is 66.0 Å². The van der Waals surface area contributed by atoms with Gasteiger partial charge in [0.25, 0.3) is 0 Å². The lowest BCUT2D eigenvalue weighted by atomic mass is 10.1. The molecule has 0 bridgehead atoms. The van der Waals surface area contributed by atoms with E-state index in [-0.39, 0.29) is 5.75 Å². The molecule has 34 heavy (non-hydrogen) atoms. The molecule has 0 saturated heterocycles. The third-order valence-corrected chi connectivity index (χ3v) is 5.41. The van der Waals surface area contributed by atoms with Crippen molar-refractivity contribution in [2.24, 2.45) is 0 Å². The molecule has 4 aromatic rings. The lowest BCUT2D eigenvalue weighted by molar-refractivity contribution is 0.0748. The highest BCUT2D eigenvalue weighted by Gasteiger charge is 2.16. The molecule has 0 atom stereocenters. The van der Waals surface area contributed by atoms with Crippen LogP contribution in [0.5, 0.6) is 11.5 Å². The molecule has 4 N–H and O–H groups in total. The highest BCUT2D eigenvalue weighted by atomic mass is 16.5. The second-order valence-electron chi connectivity index (χ2n) is 8.76. The highest BCUT2D eigenvalue weighted by molar-refractivity contribution is 5.84. The number of aromatic hydroxyl groups is 1. The Bertz CT molecular complexity index is 1250. The van der Waals surface area contributed by atoms with Crippen molar-refractivity contribution in [3.8, 4) is 11.5 Å². The van der Waals surface area contributed by atoms with Gasteiger partial charge in [-0.1, -0.05) is 30.3 Å². The summed E-state index contributed by atoms with van der Waals surface area (Å²) in [6.07, 6.45) is 2.29. The van der Waals surface area contributed by atoms with Crippen molar-refractivity contribution in [1.82, 2.24) is 19.5 Å². The first-order chi connectivity index (χ1) is 16.3. The standard InChI is InChI=1S/C25H30N6O3/c1-25(2,33)11-12-26-24-29-22(27-14-18-13-19(34-3)9-10-20(18)32)21-23(30-24)31(16-28-21)15-17-7-5-4-6-8-17/h4-10,13,16,32-33H,11-12,14-15H2,1-3H3,(H2,26,27,29,30). The fraction of sp³-hybridized carbons (Fsp3) is 0.320. The summed E-state index contributed by atoms with van der Waals surface area (Å²) in [7, 11) is 1.59. The molecule has 178 valence electrons. The molecular formula is C25H30N6O3. The van der Waals surface area contributed by atoms with Crippen molar-refractivity contribution in [2.45, 2.75) is 39.0 Å². The zero-order chi connectivity index (χ0) is 24.1. The summed E-state index contributed by atoms with van der Waals surface area (Å²) in [6.45, 7) is 4.98. The molecule has 9 nitrogen and oxygen atoms in total. The van der Waals surface area contributed by atoms with Gasteiger partial charge < -0.3 is 30.2 Å². The van der Waals surface area contributed by atoms with Gasteiger partial charge in [-0.25, -0.2) is 4.98 Å². The smallest absolute Gasteiger partial charge is 0.226 e. The number of hydrogen-bond acceptors (Lipinski definition) is 8. The van der Waals surface area contributed by atoms with E-state index in [0.717, 1.165) is 5.56 Å². The van der Waals surface area contributed by atoms with E-state index in [1.54, 1.807) is 45.5 Å². The van der Waals surface area contributed by atoms with E-state index in [4.69, 9.17) is 9.72 Å². The van der Waals surface area contributed by atoms with Gasteiger partial charge in [-0.05, 0) is 44.0 Å². The van der Waals surface area contributed by atoms with Crippen molar-refractivity contribution in [3.63, 3.8) is 0 Å². The first-order valence-electron chi connectivity index (χ1n) is 11.2. The Balaban J connectivity index is 1.64. The summed E-state index contributed by atoms with van der Waals surface area (Å²) in [6, 6.07) is 15.2. The molecule has 2 aromatic carbocycles. The molecule has 2 heterocycles. The van der Waals surface area contributed by atoms with Crippen LogP contribution < -0.4 is 15.4 Å². The van der Waals surface area contributed by atoms with E-state index in [0.29, 0.717) is 60.3 Å². The Morgan fingerprint density at radius 1 is 1.06 bits per heavy atom. The predicted molar refractivity (Wildman–Crippen MR) is 132 cm³/mol. The van der Waals surface area contributed by atoms with E-state index in [2.05, 4.69) is 32.7 Å². The maximum absolute atomic E-state index is 10.3. The minimum absolute atomic E-state index is 0.164. The number of aromatic nitrogens is 4. The Hall–Kier alpha value is -3.85. The van der Waals surface area contributed by atoms with E-state index >= 15 is 0 Å². The monoisotopic (exact) mass is 462 g/mol. The molecule has 0 spiro atoms. The van der Waals surface area contributed by atoms with Crippen LogP contribution in [0, 0.1) is 0 Å². The zero-order valence-corrected chi connectivity index (χ0v) is 19.6. The van der Waals surface area contributed by atoms with Gasteiger partial charge in [0.15, 0.2) is 17.0 Å². The zero-order valence-electron chi connectivity index (χ0n) is 19.6. The molecule has 2 aromatic heterocycles. The molecule has 0 aliphatic rings. The van der Waals surface area contributed by atoms with Gasteiger partial charge in [-0.2, -0.15) is 9.97 Å². The largest absolute Gasteiger partial charge is 0.508 e. The van der Waals surface area contributed by atoms with Crippen molar-refractivity contribution >= 4 is 22.9 Å². The number of anilines is 2. The molecule has 0 unspecified atom stereocenters. The third kappa shape index (κ3) is 5.74. The van der Waals surface area contributed by atoms with E-state index in [1.807, 2.05) is 22.8 Å². The maximum atomic E-state index is 10.3. The number of benzene rings is 2. The van der Waals surface area contributed by atoms with Crippen LogP contribution in [-0.2, 0) is 13.1 Å². The fourth-order valence-electron chi connectivity index (χ4n) is 3.53. The Labute approximate surface area is 198 Å². The van der Waals surface area contributed by atoms with Gasteiger partial charge in [0.05, 0.1) is 25.6 Å². The van der Waals surface area contributed by atoms with Crippen molar-refractivity contribution in [1.29, 1.82) is 0 Å². The van der Waals surface area contributed by atoms with Gasteiger partial charge in [-0.3, -0.25) is 0 Å². The molecule has 0 aliphatic carbocycles. The summed E-state index contributed by atoms with van der Waals surface area (Å²) >= 11 is 0. The molecule has 0 amide bonds. The lowest BCUT2D eigenvalue weighted by Gasteiger charge is -2.17. The number of phenolic OH excluding ortho intramolecular Hbond substituents is 1. The number of nitrogens with one attached hydrogen (secondary N) is 2. The number of rotatable bonds is 10. The first-order valence-corrected chi connectivity index (χ1v) is 11.2. The number of methoxy groups -OCH3 is 1. The predicted octanol–water partition coefficient (Wildman–Crippen LogP) is 3.77. The minimum atomic E-state index is -0.794. The maximum Gasteiger partial charge on any atom is 0.226 e. The number of hydrogen-bond donors (Lipinski definition) is 4. The van der Waals surface area contributed by atoms with Crippen LogP contribution in [0.1, 0.15) is 31.4 Å². The molecule has 0 fully saturated rings. The summed E-state index contributed by atoms with van der Waals surface area (Å²) in [5.41, 5.74) is 2.32. The molecule has 0 aliphatic heterocycles. The Morgan fingerprint density at radius 2 is 1.85 bits per heavy atom. The Morgan fingerprint density at radius 3 is 2.59 bits per heavy atom. The number of fused-ring (bicyclic) bond motifs is 1. The summed E-state index contributed by atoms with van der Waals surface area (Å²) in [5.74, 6) is 1.80. The molecule has 0 saturated carbocycles. The number of ether oxygens (including phenoxy) is 1. The van der Waals surface area contributed by atoms with Gasteiger partial charge in [0.1, 0.15) is 11.5 Å². The lowest BCUT2D eigenvalue weighted by Crippen LogP contribution is -2.23. The van der Waals surface area contributed by atoms with Gasteiger partial charge in [-0.15, -0.1) is 0 Å². The summed E-state index contributed by atoms with van der Waals surface area (Å²) in [4.78, 5) is 13.9. The topological polar surface area (TPSA) is 117 Å². The van der Waals surface area contributed by atoms with E-state index in [9.17, 15) is 10.2 Å². The summed E-state index contributed by atoms with van der Waals surface area (Å²) < 4.78 is 7.25. The van der Waals surface area contributed by atoms with E-state index < -0.39 is 5.60 Å². The van der Waals surface area contributed by atoms with Gasteiger partial charge >= 0.3 is 0 Å². The number of aliphatic hydroxyl groups is 1. The normalized spacial score (nSPS) is 11.5. The number of phenols is 1. The van der Waals surface area contributed by atoms with Crippen LogP contribution in [-0.4, -0.2) is 49.0 Å². The fourth-order valence-corrected chi connectivity index (χ4v) is 3.53. The Kier molecular flexibility index (Phi) is 6.83. The van der Waals surface area contributed by atoms with Crippen LogP contribution in [0.3, 0.4) is 0 Å². The molecule has 0 radical (unpaired) electrons. The average molecular weight is 463 g/mol. The second-order valence-corrected chi connectivity index (χ2v) is 8.76. The van der Waals surface area contributed by atoms with Gasteiger partial charge in [0.2, 0.25) is 5.95 Å². The van der Waals surface area contributed by atoms with E-state index in [1.165, 1.54) is 0 Å². The summed E-state index contributed by atoms with van der Waals surface area (Å²) in [5, 5.41) is 26.8. The van der Waals surface area contributed by atoms with Crippen LogP contribution in [0.15, 0.2) is 54.9 Å². The van der Waals surface area contributed by atoms with Gasteiger partial charge in [0, 0.05) is 18.7 Å². The third-order valence-electron chi connectivity index (χ3n) is 5.41. The highest BCUT2D eigenvalue weighted by Crippen LogP contribution is 2.26. The SMILES string of the molecule is COc1ccc(O)c(CNc2nc(NCCC(C)(C)O)nc3c2ncn3Cc2ccccc2)c1. The molecule has 9 heteroatoms. The average Bonchev–Trinajstić information content (AvgIpc) is 3.21. The first kappa shape index (κ1) is 23.3. The van der Waals surface area contributed by atoms with Crippen LogP contribution in [0.2, 0.25) is 0 Å². The number of nitrogens with zero attached hydrogens (tertiary/aromatic N) is 4. The number of imidazole rings is 1. The molecule has 4 rings (SSSR count). The minimum Gasteiger partial charge on any atom is -0.508 e. The van der Waals surface area contributed by atoms with Crippen molar-refractivity contribution < 1.29 is 14.9 Å². The quantitative estimate of drug-likeness (QED) is 0.281. The van der Waals surface area contributed by atoms with Crippen LogP contribution in [0.25, 0.3) is 11.2 Å².